The molecule has 3 aliphatic heterocycles. The smallest absolute Gasteiger partial charge is 0.246 e. The van der Waals surface area contributed by atoms with Gasteiger partial charge in [0, 0.05) is 13.6 Å². The molecule has 1 aromatic carbocycles. The van der Waals surface area contributed by atoms with E-state index in [-0.39, 0.29) is 24.3 Å². The number of rotatable bonds is 7. The van der Waals surface area contributed by atoms with Crippen LogP contribution in [0.5, 0.6) is 0 Å². The number of benzene rings is 1. The van der Waals surface area contributed by atoms with Crippen LogP contribution in [0.1, 0.15) is 38.7 Å². The van der Waals surface area contributed by atoms with Gasteiger partial charge >= 0.3 is 0 Å². The van der Waals surface area contributed by atoms with Crippen LogP contribution in [-0.2, 0) is 25.7 Å². The molecule has 0 saturated carbocycles. The molecule has 0 radical (unpaired) electrons. The zero-order chi connectivity index (χ0) is 22.4. The highest BCUT2D eigenvalue weighted by Gasteiger charge is 2.78. The quantitative estimate of drug-likeness (QED) is 0.588. The molecular formula is C23H31N3O5. The van der Waals surface area contributed by atoms with Gasteiger partial charge < -0.3 is 25.4 Å². The minimum absolute atomic E-state index is 0.233. The normalized spacial score (nSPS) is 34.5. The van der Waals surface area contributed by atoms with Gasteiger partial charge in [-0.3, -0.25) is 14.4 Å². The summed E-state index contributed by atoms with van der Waals surface area (Å²) in [5.74, 6) is -2.22. The molecule has 2 bridgehead atoms. The molecular weight excluding hydrogens is 398 g/mol. The first-order valence-corrected chi connectivity index (χ1v) is 11.0. The molecule has 8 heteroatoms. The minimum Gasteiger partial charge on any atom is -0.394 e. The summed E-state index contributed by atoms with van der Waals surface area (Å²) in [5.41, 5.74) is -0.859. The Morgan fingerprint density at radius 2 is 1.97 bits per heavy atom. The van der Waals surface area contributed by atoms with Gasteiger partial charge in [-0.1, -0.05) is 37.3 Å². The number of fused-ring (bicyclic) bond motifs is 1. The van der Waals surface area contributed by atoms with Crippen LogP contribution >= 0.6 is 0 Å². The van der Waals surface area contributed by atoms with E-state index in [9.17, 15) is 19.5 Å². The molecule has 6 atom stereocenters. The lowest BCUT2D eigenvalue weighted by Gasteiger charge is -2.36. The van der Waals surface area contributed by atoms with Gasteiger partial charge in [0.25, 0.3) is 0 Å². The van der Waals surface area contributed by atoms with Crippen molar-refractivity contribution in [3.05, 3.63) is 35.9 Å². The molecule has 1 spiro atoms. The first-order valence-electron chi connectivity index (χ1n) is 11.0. The summed E-state index contributed by atoms with van der Waals surface area (Å²) >= 11 is 0. The topological polar surface area (TPSA) is 108 Å². The number of aliphatic hydroxyl groups is 1. The van der Waals surface area contributed by atoms with E-state index in [1.807, 2.05) is 37.3 Å². The Hall–Kier alpha value is -2.45. The van der Waals surface area contributed by atoms with Crippen molar-refractivity contribution in [2.45, 2.75) is 62.9 Å². The maximum atomic E-state index is 13.6. The number of aliphatic hydroxyl groups excluding tert-OH is 1. The predicted octanol–water partition coefficient (Wildman–Crippen LogP) is 0.584. The molecule has 3 aliphatic rings. The molecule has 0 aromatic heterocycles. The monoisotopic (exact) mass is 429 g/mol. The fourth-order valence-electron chi connectivity index (χ4n) is 5.95. The molecule has 3 fully saturated rings. The summed E-state index contributed by atoms with van der Waals surface area (Å²) in [5, 5.41) is 15.5. The highest BCUT2D eigenvalue weighted by atomic mass is 16.5. The van der Waals surface area contributed by atoms with E-state index in [1.165, 1.54) is 4.90 Å². The van der Waals surface area contributed by atoms with Crippen molar-refractivity contribution in [3.8, 4) is 0 Å². The highest BCUT2D eigenvalue weighted by molar-refractivity contribution is 5.99. The maximum absolute atomic E-state index is 13.6. The largest absolute Gasteiger partial charge is 0.394 e. The second-order valence-corrected chi connectivity index (χ2v) is 8.93. The number of amides is 3. The molecule has 3 saturated heterocycles. The molecule has 3 amide bonds. The van der Waals surface area contributed by atoms with Crippen molar-refractivity contribution in [2.24, 2.45) is 11.8 Å². The maximum Gasteiger partial charge on any atom is 0.246 e. The van der Waals surface area contributed by atoms with Crippen molar-refractivity contribution in [1.82, 2.24) is 15.5 Å². The molecule has 3 N–H and O–H groups in total. The number of likely N-dealkylation sites (tertiary alicyclic amines) is 1. The minimum atomic E-state index is -1.06. The van der Waals surface area contributed by atoms with E-state index < -0.39 is 35.1 Å². The molecule has 168 valence electrons. The lowest BCUT2D eigenvalue weighted by molar-refractivity contribution is -0.150. The van der Waals surface area contributed by atoms with E-state index >= 15 is 0 Å². The number of carbonyl (C=O) groups excluding carboxylic acids is 3. The van der Waals surface area contributed by atoms with Gasteiger partial charge in [0.1, 0.15) is 11.6 Å². The van der Waals surface area contributed by atoms with Crippen molar-refractivity contribution >= 4 is 17.7 Å². The van der Waals surface area contributed by atoms with Crippen LogP contribution in [0.4, 0.5) is 0 Å². The molecule has 2 unspecified atom stereocenters. The average Bonchev–Trinajstić information content (AvgIpc) is 3.40. The first kappa shape index (κ1) is 21.8. The third kappa shape index (κ3) is 3.07. The van der Waals surface area contributed by atoms with Gasteiger partial charge in [-0.05, 0) is 31.7 Å². The van der Waals surface area contributed by atoms with Crippen LogP contribution in [0.25, 0.3) is 0 Å². The van der Waals surface area contributed by atoms with Gasteiger partial charge in [0.2, 0.25) is 17.7 Å². The van der Waals surface area contributed by atoms with Crippen molar-refractivity contribution < 1.29 is 24.2 Å². The van der Waals surface area contributed by atoms with E-state index in [4.69, 9.17) is 4.74 Å². The highest BCUT2D eigenvalue weighted by Crippen LogP contribution is 2.64. The van der Waals surface area contributed by atoms with Crippen molar-refractivity contribution in [3.63, 3.8) is 0 Å². The van der Waals surface area contributed by atoms with Gasteiger partial charge in [-0.25, -0.2) is 0 Å². The predicted molar refractivity (Wildman–Crippen MR) is 113 cm³/mol. The van der Waals surface area contributed by atoms with Crippen LogP contribution < -0.4 is 10.6 Å². The van der Waals surface area contributed by atoms with Gasteiger partial charge in [0.15, 0.2) is 0 Å². The fourth-order valence-corrected chi connectivity index (χ4v) is 5.95. The third-order valence-corrected chi connectivity index (χ3v) is 7.44. The van der Waals surface area contributed by atoms with Gasteiger partial charge in [0.05, 0.1) is 30.1 Å². The summed E-state index contributed by atoms with van der Waals surface area (Å²) in [6.45, 7) is 3.72. The first-order chi connectivity index (χ1) is 14.8. The lowest BCUT2D eigenvalue weighted by atomic mass is 9.65. The Bertz CT molecular complexity index is 877. The van der Waals surface area contributed by atoms with E-state index in [1.54, 1.807) is 14.0 Å². The summed E-state index contributed by atoms with van der Waals surface area (Å²) in [7, 11) is 1.56. The number of ether oxygens (including phenoxy) is 1. The Morgan fingerprint density at radius 1 is 1.26 bits per heavy atom. The summed E-state index contributed by atoms with van der Waals surface area (Å²) in [4.78, 5) is 41.4. The number of carbonyl (C=O) groups is 3. The Balaban J connectivity index is 1.71. The molecule has 8 nitrogen and oxygen atoms in total. The van der Waals surface area contributed by atoms with E-state index in [0.717, 1.165) is 5.56 Å². The number of nitrogens with zero attached hydrogens (tertiary/aromatic N) is 1. The SMILES string of the molecule is CC[C@]12CCC3(O1)C(C(=O)NCc1ccccc1)N([C@H](C)CO)C(=O)[C@@H]3[C@H]2C(=O)NC. The summed E-state index contributed by atoms with van der Waals surface area (Å²) in [6, 6.07) is 8.08. The van der Waals surface area contributed by atoms with Crippen LogP contribution in [0.15, 0.2) is 30.3 Å². The van der Waals surface area contributed by atoms with Crippen LogP contribution in [-0.4, -0.2) is 64.7 Å². The van der Waals surface area contributed by atoms with Gasteiger partial charge in [-0.15, -0.1) is 0 Å². The van der Waals surface area contributed by atoms with E-state index in [2.05, 4.69) is 10.6 Å². The Morgan fingerprint density at radius 3 is 2.58 bits per heavy atom. The molecule has 3 heterocycles. The molecule has 31 heavy (non-hydrogen) atoms. The molecule has 0 aliphatic carbocycles. The van der Waals surface area contributed by atoms with Crippen molar-refractivity contribution in [2.75, 3.05) is 13.7 Å². The van der Waals surface area contributed by atoms with Crippen LogP contribution in [0.3, 0.4) is 0 Å². The fraction of sp³-hybridized carbons (Fsp3) is 0.609. The number of hydrogen-bond acceptors (Lipinski definition) is 5. The van der Waals surface area contributed by atoms with Crippen LogP contribution in [0.2, 0.25) is 0 Å². The molecule has 1 aromatic rings. The average molecular weight is 430 g/mol. The standard InChI is InChI=1S/C23H31N3O5/c1-4-22-10-11-23(31-22)17(16(22)19(28)24-3)21(30)26(14(2)13-27)18(23)20(29)25-12-15-8-6-5-7-9-15/h5-9,14,16-18,27H,4,10-13H2,1-3H3,(H,24,28)(H,25,29)/t14-,16+,17+,18?,22-,23?/m1/s1. The van der Waals surface area contributed by atoms with Crippen molar-refractivity contribution in [1.29, 1.82) is 0 Å². The summed E-state index contributed by atoms with van der Waals surface area (Å²) in [6.07, 6.45) is 1.74. The Kier molecular flexibility index (Phi) is 5.55. The Labute approximate surface area is 182 Å². The summed E-state index contributed by atoms with van der Waals surface area (Å²) < 4.78 is 6.57. The second kappa shape index (κ2) is 7.91. The third-order valence-electron chi connectivity index (χ3n) is 7.44. The van der Waals surface area contributed by atoms with E-state index in [0.29, 0.717) is 25.8 Å². The van der Waals surface area contributed by atoms with Gasteiger partial charge in [-0.2, -0.15) is 0 Å². The zero-order valence-corrected chi connectivity index (χ0v) is 18.3. The lowest BCUT2D eigenvalue weighted by Crippen LogP contribution is -2.57. The molecule has 4 rings (SSSR count). The van der Waals surface area contributed by atoms with Crippen LogP contribution in [0, 0.1) is 11.8 Å². The zero-order valence-electron chi connectivity index (χ0n) is 18.3. The number of nitrogens with one attached hydrogen (secondary N) is 2. The second-order valence-electron chi connectivity index (χ2n) is 8.93. The number of hydrogen-bond donors (Lipinski definition) is 3.